The normalized spacial score (nSPS) is 24.7. The molecule has 0 aromatic heterocycles. The Labute approximate surface area is 92.9 Å². The van der Waals surface area contributed by atoms with Crippen LogP contribution in [0.3, 0.4) is 0 Å². The van der Waals surface area contributed by atoms with Crippen molar-refractivity contribution < 1.29 is 9.59 Å². The van der Waals surface area contributed by atoms with Gasteiger partial charge in [-0.25, -0.2) is 0 Å². The molecule has 0 radical (unpaired) electrons. The molecule has 1 aromatic rings. The van der Waals surface area contributed by atoms with Crippen LogP contribution in [0, 0.1) is 17.2 Å². The summed E-state index contributed by atoms with van der Waals surface area (Å²) in [7, 11) is 0. The number of hydrogen-bond acceptors (Lipinski definition) is 3. The lowest BCUT2D eigenvalue weighted by molar-refractivity contribution is -0.135. The predicted molar refractivity (Wildman–Crippen MR) is 56.1 cm³/mol. The molecule has 0 bridgehead atoms. The van der Waals surface area contributed by atoms with Crippen LogP contribution in [0.2, 0.25) is 0 Å². The van der Waals surface area contributed by atoms with Gasteiger partial charge in [-0.15, -0.1) is 0 Å². The number of nitrogens with one attached hydrogen (secondary N) is 1. The minimum Gasteiger partial charge on any atom is -0.295 e. The summed E-state index contributed by atoms with van der Waals surface area (Å²) in [5, 5.41) is 11.1. The fourth-order valence-corrected chi connectivity index (χ4v) is 1.93. The van der Waals surface area contributed by atoms with Gasteiger partial charge in [-0.1, -0.05) is 30.3 Å². The van der Waals surface area contributed by atoms with Gasteiger partial charge >= 0.3 is 0 Å². The van der Waals surface area contributed by atoms with Gasteiger partial charge in [0.05, 0.1) is 6.07 Å². The number of hydrogen-bond donors (Lipinski definition) is 1. The van der Waals surface area contributed by atoms with E-state index in [1.54, 1.807) is 0 Å². The molecule has 1 heterocycles. The zero-order valence-corrected chi connectivity index (χ0v) is 8.51. The van der Waals surface area contributed by atoms with E-state index in [1.807, 2.05) is 36.4 Å². The lowest BCUT2D eigenvalue weighted by atomic mass is 9.81. The van der Waals surface area contributed by atoms with Gasteiger partial charge in [0.15, 0.2) is 0 Å². The van der Waals surface area contributed by atoms with Gasteiger partial charge in [0.25, 0.3) is 0 Å². The molecule has 1 N–H and O–H groups in total. The lowest BCUT2D eigenvalue weighted by Crippen LogP contribution is -2.44. The summed E-state index contributed by atoms with van der Waals surface area (Å²) in [6.07, 6.45) is 0.188. The number of nitriles is 1. The Morgan fingerprint density at radius 2 is 1.94 bits per heavy atom. The summed E-state index contributed by atoms with van der Waals surface area (Å²) in [6, 6.07) is 11.2. The number of benzene rings is 1. The Morgan fingerprint density at radius 3 is 2.56 bits per heavy atom. The molecular weight excluding hydrogens is 204 g/mol. The topological polar surface area (TPSA) is 70.0 Å². The Hall–Kier alpha value is -2.15. The first-order chi connectivity index (χ1) is 7.72. The van der Waals surface area contributed by atoms with Gasteiger partial charge in [-0.2, -0.15) is 5.26 Å². The molecule has 2 rings (SSSR count). The fourth-order valence-electron chi connectivity index (χ4n) is 1.93. The minimum atomic E-state index is -0.778. The third-order valence-electron chi connectivity index (χ3n) is 2.72. The Morgan fingerprint density at radius 1 is 1.25 bits per heavy atom. The van der Waals surface area contributed by atoms with Crippen molar-refractivity contribution in [3.63, 3.8) is 0 Å². The van der Waals surface area contributed by atoms with Gasteiger partial charge in [0, 0.05) is 12.3 Å². The van der Waals surface area contributed by atoms with Crippen molar-refractivity contribution in [3.05, 3.63) is 35.9 Å². The van der Waals surface area contributed by atoms with Crippen molar-refractivity contribution in [1.29, 1.82) is 5.26 Å². The van der Waals surface area contributed by atoms with Crippen LogP contribution in [0.15, 0.2) is 30.3 Å². The molecule has 1 aromatic carbocycles. The maximum absolute atomic E-state index is 11.5. The van der Waals surface area contributed by atoms with Crippen LogP contribution in [0.1, 0.15) is 17.9 Å². The van der Waals surface area contributed by atoms with Gasteiger partial charge in [-0.3, -0.25) is 14.9 Å². The SMILES string of the molecule is N#C[C@@H]1C(=O)NC(=O)C[C@@H]1c1ccccc1. The van der Waals surface area contributed by atoms with Gasteiger partial charge in [-0.05, 0) is 5.56 Å². The number of amides is 2. The van der Waals surface area contributed by atoms with Crippen LogP contribution >= 0.6 is 0 Å². The molecule has 2 amide bonds. The number of nitrogens with zero attached hydrogens (tertiary/aromatic N) is 1. The highest BCUT2D eigenvalue weighted by molar-refractivity contribution is 6.00. The van der Waals surface area contributed by atoms with Crippen LogP contribution in [0.5, 0.6) is 0 Å². The molecule has 0 unspecified atom stereocenters. The monoisotopic (exact) mass is 214 g/mol. The second-order valence-corrected chi connectivity index (χ2v) is 3.74. The van der Waals surface area contributed by atoms with Gasteiger partial charge < -0.3 is 0 Å². The zero-order chi connectivity index (χ0) is 11.5. The molecule has 16 heavy (non-hydrogen) atoms. The van der Waals surface area contributed by atoms with Gasteiger partial charge in [0.2, 0.25) is 11.8 Å². The molecule has 1 saturated heterocycles. The molecular formula is C12H10N2O2. The van der Waals surface area contributed by atoms with Gasteiger partial charge in [0.1, 0.15) is 5.92 Å². The summed E-state index contributed by atoms with van der Waals surface area (Å²) in [4.78, 5) is 22.7. The number of carbonyl (C=O) groups excluding carboxylic acids is 2. The minimum absolute atomic E-state index is 0.188. The molecule has 0 saturated carbocycles. The fraction of sp³-hybridized carbons (Fsp3) is 0.250. The second kappa shape index (κ2) is 4.15. The highest BCUT2D eigenvalue weighted by Crippen LogP contribution is 2.30. The van der Waals surface area contributed by atoms with E-state index in [1.165, 1.54) is 0 Å². The van der Waals surface area contributed by atoms with E-state index in [4.69, 9.17) is 5.26 Å². The largest absolute Gasteiger partial charge is 0.295 e. The van der Waals surface area contributed by atoms with Crippen LogP contribution in [-0.4, -0.2) is 11.8 Å². The van der Waals surface area contributed by atoms with Crippen LogP contribution in [-0.2, 0) is 9.59 Å². The van der Waals surface area contributed by atoms with E-state index in [0.717, 1.165) is 5.56 Å². The first kappa shape index (κ1) is 10.4. The van der Waals surface area contributed by atoms with Crippen LogP contribution in [0.25, 0.3) is 0 Å². The predicted octanol–water partition coefficient (Wildman–Crippen LogP) is 0.956. The van der Waals surface area contributed by atoms with Crippen molar-refractivity contribution in [3.8, 4) is 6.07 Å². The molecule has 80 valence electrons. The third-order valence-corrected chi connectivity index (χ3v) is 2.72. The Balaban J connectivity index is 2.35. The molecule has 0 aliphatic carbocycles. The Bertz CT molecular complexity index is 462. The average Bonchev–Trinajstić information content (AvgIpc) is 2.29. The highest BCUT2D eigenvalue weighted by atomic mass is 16.2. The van der Waals surface area contributed by atoms with E-state index in [0.29, 0.717) is 0 Å². The molecule has 1 fully saturated rings. The first-order valence-electron chi connectivity index (χ1n) is 5.00. The number of imide groups is 1. The number of piperidine rings is 1. The van der Waals surface area contributed by atoms with E-state index >= 15 is 0 Å². The summed E-state index contributed by atoms with van der Waals surface area (Å²) < 4.78 is 0. The van der Waals surface area contributed by atoms with E-state index in [-0.39, 0.29) is 18.2 Å². The summed E-state index contributed by atoms with van der Waals surface area (Å²) in [5.41, 5.74) is 0.859. The standard InChI is InChI=1S/C12H10N2O2/c13-7-10-9(6-11(15)14-12(10)16)8-4-2-1-3-5-8/h1-5,9-10H,6H2,(H,14,15,16)/t9-,10+/m1/s1. The summed E-state index contributed by atoms with van der Waals surface area (Å²) in [6.45, 7) is 0. The second-order valence-electron chi connectivity index (χ2n) is 3.74. The van der Waals surface area contributed by atoms with Crippen molar-refractivity contribution in [2.24, 2.45) is 5.92 Å². The average molecular weight is 214 g/mol. The van der Waals surface area contributed by atoms with Crippen LogP contribution < -0.4 is 5.32 Å². The number of carbonyl (C=O) groups is 2. The highest BCUT2D eigenvalue weighted by Gasteiger charge is 2.36. The van der Waals surface area contributed by atoms with Crippen molar-refractivity contribution in [2.75, 3.05) is 0 Å². The van der Waals surface area contributed by atoms with E-state index < -0.39 is 11.8 Å². The van der Waals surface area contributed by atoms with Crippen LogP contribution in [0.4, 0.5) is 0 Å². The maximum atomic E-state index is 11.5. The maximum Gasteiger partial charge on any atom is 0.244 e. The van der Waals surface area contributed by atoms with Crippen molar-refractivity contribution in [1.82, 2.24) is 5.32 Å². The summed E-state index contributed by atoms with van der Waals surface area (Å²) >= 11 is 0. The zero-order valence-electron chi connectivity index (χ0n) is 8.51. The molecule has 0 spiro atoms. The van der Waals surface area contributed by atoms with E-state index in [2.05, 4.69) is 5.32 Å². The van der Waals surface area contributed by atoms with E-state index in [9.17, 15) is 9.59 Å². The number of rotatable bonds is 1. The summed E-state index contributed by atoms with van der Waals surface area (Å²) in [5.74, 6) is -1.91. The molecule has 1 aliphatic rings. The lowest BCUT2D eigenvalue weighted by Gasteiger charge is -2.25. The molecule has 2 atom stereocenters. The first-order valence-corrected chi connectivity index (χ1v) is 5.00. The molecule has 1 aliphatic heterocycles. The molecule has 4 heteroatoms. The smallest absolute Gasteiger partial charge is 0.244 e. The van der Waals surface area contributed by atoms with Crippen molar-refractivity contribution >= 4 is 11.8 Å². The Kier molecular flexibility index (Phi) is 2.69. The van der Waals surface area contributed by atoms with Crippen molar-refractivity contribution in [2.45, 2.75) is 12.3 Å². The molecule has 4 nitrogen and oxygen atoms in total. The quantitative estimate of drug-likeness (QED) is 0.708. The third kappa shape index (κ3) is 1.80.